The van der Waals surface area contributed by atoms with Crippen LogP contribution >= 0.6 is 0 Å². The predicted molar refractivity (Wildman–Crippen MR) is 83.6 cm³/mol. The molecule has 0 saturated carbocycles. The van der Waals surface area contributed by atoms with Crippen LogP contribution in [-0.4, -0.2) is 38.0 Å². The Labute approximate surface area is 136 Å². The number of benzene rings is 1. The first-order valence-corrected chi connectivity index (χ1v) is 7.75. The Bertz CT molecular complexity index is 572. The second-order valence-corrected chi connectivity index (χ2v) is 6.15. The van der Waals surface area contributed by atoms with Gasteiger partial charge in [0, 0.05) is 12.7 Å². The Kier molecular flexibility index (Phi) is 4.64. The van der Waals surface area contributed by atoms with Gasteiger partial charge in [0.2, 0.25) is 6.29 Å². The van der Waals surface area contributed by atoms with Crippen molar-refractivity contribution in [2.45, 2.75) is 38.1 Å². The van der Waals surface area contributed by atoms with Gasteiger partial charge in [0.15, 0.2) is 12.1 Å². The van der Waals surface area contributed by atoms with E-state index in [9.17, 15) is 4.79 Å². The summed E-state index contributed by atoms with van der Waals surface area (Å²) in [6.45, 7) is 6.02. The average Bonchev–Trinajstić information content (AvgIpc) is 2.59. The SMILES string of the molecule is C=CC[C@]1(C)C(=O)[C@@H](OC)O[C@@H]2CO[C@@H](c3ccccc3)O[C@H]21. The van der Waals surface area contributed by atoms with Crippen LogP contribution in [0.5, 0.6) is 0 Å². The summed E-state index contributed by atoms with van der Waals surface area (Å²) >= 11 is 0. The van der Waals surface area contributed by atoms with Crippen LogP contribution in [0.1, 0.15) is 25.2 Å². The van der Waals surface area contributed by atoms with Crippen molar-refractivity contribution in [3.8, 4) is 0 Å². The van der Waals surface area contributed by atoms with Gasteiger partial charge in [-0.3, -0.25) is 4.79 Å². The third kappa shape index (κ3) is 2.85. The van der Waals surface area contributed by atoms with E-state index in [4.69, 9.17) is 18.9 Å². The number of carbonyl (C=O) groups is 1. The molecule has 3 rings (SSSR count). The lowest BCUT2D eigenvalue weighted by Gasteiger charge is -2.49. The summed E-state index contributed by atoms with van der Waals surface area (Å²) in [4.78, 5) is 12.7. The van der Waals surface area contributed by atoms with Gasteiger partial charge in [-0.15, -0.1) is 6.58 Å². The molecule has 0 N–H and O–H groups in total. The summed E-state index contributed by atoms with van der Waals surface area (Å²) in [5, 5.41) is 0. The highest BCUT2D eigenvalue weighted by Gasteiger charge is 2.56. The van der Waals surface area contributed by atoms with Crippen molar-refractivity contribution < 1.29 is 23.7 Å². The molecule has 2 aliphatic heterocycles. The van der Waals surface area contributed by atoms with Crippen molar-refractivity contribution in [2.75, 3.05) is 13.7 Å². The molecule has 5 atom stereocenters. The van der Waals surface area contributed by atoms with E-state index in [0.717, 1.165) is 5.56 Å². The highest BCUT2D eigenvalue weighted by atomic mass is 16.7. The number of ketones is 1. The zero-order valence-corrected chi connectivity index (χ0v) is 13.4. The zero-order chi connectivity index (χ0) is 16.4. The highest BCUT2D eigenvalue weighted by molar-refractivity contribution is 5.89. The largest absolute Gasteiger partial charge is 0.349 e. The molecule has 0 radical (unpaired) electrons. The van der Waals surface area contributed by atoms with Crippen LogP contribution in [0.25, 0.3) is 0 Å². The molecule has 0 amide bonds. The Morgan fingerprint density at radius 1 is 1.35 bits per heavy atom. The second kappa shape index (κ2) is 6.53. The fraction of sp³-hybridized carbons (Fsp3) is 0.500. The monoisotopic (exact) mass is 318 g/mol. The lowest BCUT2D eigenvalue weighted by molar-refractivity contribution is -0.323. The van der Waals surface area contributed by atoms with Crippen LogP contribution in [0.15, 0.2) is 43.0 Å². The van der Waals surface area contributed by atoms with Gasteiger partial charge in [0.1, 0.15) is 12.2 Å². The normalized spacial score (nSPS) is 37.2. The molecule has 0 unspecified atom stereocenters. The first kappa shape index (κ1) is 16.3. The molecule has 2 fully saturated rings. The average molecular weight is 318 g/mol. The third-order valence-corrected chi connectivity index (χ3v) is 4.58. The number of methoxy groups -OCH3 is 1. The number of hydrogen-bond acceptors (Lipinski definition) is 5. The molecule has 2 heterocycles. The number of carbonyl (C=O) groups excluding carboxylic acids is 1. The van der Waals surface area contributed by atoms with Crippen LogP contribution in [0, 0.1) is 5.41 Å². The maximum atomic E-state index is 12.7. The molecule has 1 aromatic rings. The van der Waals surface area contributed by atoms with Gasteiger partial charge in [0.05, 0.1) is 12.0 Å². The van der Waals surface area contributed by atoms with Crippen molar-refractivity contribution in [1.29, 1.82) is 0 Å². The van der Waals surface area contributed by atoms with E-state index in [1.807, 2.05) is 37.3 Å². The lowest BCUT2D eigenvalue weighted by Crippen LogP contribution is -2.62. The van der Waals surface area contributed by atoms with Gasteiger partial charge in [-0.05, 0) is 13.3 Å². The molecule has 2 aliphatic rings. The van der Waals surface area contributed by atoms with Crippen LogP contribution in [0.4, 0.5) is 0 Å². The molecular weight excluding hydrogens is 296 g/mol. The Morgan fingerprint density at radius 3 is 2.74 bits per heavy atom. The maximum absolute atomic E-state index is 12.7. The molecular formula is C18H22O5. The summed E-state index contributed by atoms with van der Waals surface area (Å²) in [5.74, 6) is -0.116. The van der Waals surface area contributed by atoms with Gasteiger partial charge in [-0.2, -0.15) is 0 Å². The molecule has 124 valence electrons. The van der Waals surface area contributed by atoms with E-state index in [-0.39, 0.29) is 11.9 Å². The van der Waals surface area contributed by atoms with Crippen molar-refractivity contribution in [1.82, 2.24) is 0 Å². The highest BCUT2D eigenvalue weighted by Crippen LogP contribution is 2.44. The molecule has 23 heavy (non-hydrogen) atoms. The van der Waals surface area contributed by atoms with E-state index >= 15 is 0 Å². The van der Waals surface area contributed by atoms with E-state index in [1.165, 1.54) is 7.11 Å². The zero-order valence-electron chi connectivity index (χ0n) is 13.4. The number of hydrogen-bond donors (Lipinski definition) is 0. The molecule has 0 spiro atoms. The maximum Gasteiger partial charge on any atom is 0.218 e. The Morgan fingerprint density at radius 2 is 2.09 bits per heavy atom. The summed E-state index contributed by atoms with van der Waals surface area (Å²) in [7, 11) is 1.47. The molecule has 0 aliphatic carbocycles. The number of rotatable bonds is 4. The van der Waals surface area contributed by atoms with Crippen molar-refractivity contribution in [3.05, 3.63) is 48.6 Å². The minimum Gasteiger partial charge on any atom is -0.349 e. The number of Topliss-reactive ketones (excluding diaryl/α,β-unsaturated/α-hetero) is 1. The molecule has 0 bridgehead atoms. The lowest BCUT2D eigenvalue weighted by atomic mass is 9.72. The van der Waals surface area contributed by atoms with Crippen LogP contribution in [0.2, 0.25) is 0 Å². The van der Waals surface area contributed by atoms with E-state index < -0.39 is 24.1 Å². The van der Waals surface area contributed by atoms with Crippen molar-refractivity contribution in [2.24, 2.45) is 5.41 Å². The van der Waals surface area contributed by atoms with Gasteiger partial charge in [0.25, 0.3) is 0 Å². The number of allylic oxidation sites excluding steroid dienone is 1. The van der Waals surface area contributed by atoms with Gasteiger partial charge in [-0.25, -0.2) is 0 Å². The second-order valence-electron chi connectivity index (χ2n) is 6.15. The Hall–Kier alpha value is -1.53. The van der Waals surface area contributed by atoms with Crippen LogP contribution in [-0.2, 0) is 23.7 Å². The Balaban J connectivity index is 1.88. The molecule has 5 nitrogen and oxygen atoms in total. The topological polar surface area (TPSA) is 54.0 Å². The van der Waals surface area contributed by atoms with Crippen molar-refractivity contribution in [3.63, 3.8) is 0 Å². The van der Waals surface area contributed by atoms with E-state index in [1.54, 1.807) is 6.08 Å². The fourth-order valence-corrected chi connectivity index (χ4v) is 3.29. The molecule has 2 saturated heterocycles. The molecule has 5 heteroatoms. The van der Waals surface area contributed by atoms with E-state index in [2.05, 4.69) is 6.58 Å². The summed E-state index contributed by atoms with van der Waals surface area (Å²) < 4.78 is 22.8. The quantitative estimate of drug-likeness (QED) is 0.799. The number of fused-ring (bicyclic) bond motifs is 1. The molecule has 1 aromatic carbocycles. The van der Waals surface area contributed by atoms with Crippen LogP contribution < -0.4 is 0 Å². The smallest absolute Gasteiger partial charge is 0.218 e. The third-order valence-electron chi connectivity index (χ3n) is 4.58. The fourth-order valence-electron chi connectivity index (χ4n) is 3.29. The van der Waals surface area contributed by atoms with Gasteiger partial charge in [-0.1, -0.05) is 36.4 Å². The van der Waals surface area contributed by atoms with Crippen LogP contribution in [0.3, 0.4) is 0 Å². The van der Waals surface area contributed by atoms with Crippen molar-refractivity contribution >= 4 is 5.78 Å². The summed E-state index contributed by atoms with van der Waals surface area (Å²) in [5.41, 5.74) is 0.176. The first-order chi connectivity index (χ1) is 11.1. The van der Waals surface area contributed by atoms with Gasteiger partial charge < -0.3 is 18.9 Å². The summed E-state index contributed by atoms with van der Waals surface area (Å²) in [6, 6.07) is 9.69. The molecule has 0 aromatic heterocycles. The van der Waals surface area contributed by atoms with E-state index in [0.29, 0.717) is 13.0 Å². The van der Waals surface area contributed by atoms with Gasteiger partial charge >= 0.3 is 0 Å². The standard InChI is InChI=1S/C18H22O5/c1-4-10-18(2)14(19)17(20-3)22-13-11-21-16(23-15(13)18)12-8-6-5-7-9-12/h4-9,13,15-17H,1,10-11H2,2-3H3/t13-,15-,16-,17+,18-/m1/s1. The minimum absolute atomic E-state index is 0.116. The predicted octanol–water partition coefficient (Wildman–Crippen LogP) is 2.62. The minimum atomic E-state index is -0.887. The summed E-state index contributed by atoms with van der Waals surface area (Å²) in [6.07, 6.45) is 0.0980. The number of ether oxygens (including phenoxy) is 4. The first-order valence-electron chi connectivity index (χ1n) is 7.75.